The van der Waals surface area contributed by atoms with Crippen molar-refractivity contribution in [1.82, 2.24) is 5.32 Å². The normalized spacial score (nSPS) is 11.9. The van der Waals surface area contributed by atoms with Gasteiger partial charge in [-0.3, -0.25) is 0 Å². The summed E-state index contributed by atoms with van der Waals surface area (Å²) >= 11 is 0. The van der Waals surface area contributed by atoms with Gasteiger partial charge in [0.15, 0.2) is 11.5 Å². The molecule has 138 valence electrons. The molecule has 0 saturated heterocycles. The molecule has 0 atom stereocenters. The summed E-state index contributed by atoms with van der Waals surface area (Å²) in [4.78, 5) is 11.9. The Labute approximate surface area is 153 Å². The minimum Gasteiger partial charge on any atom is -0.489 e. The summed E-state index contributed by atoms with van der Waals surface area (Å²) in [6, 6.07) is 12.9. The average Bonchev–Trinajstić information content (AvgIpc) is 3.12. The molecule has 6 heteroatoms. The molecule has 0 unspecified atom stereocenters. The predicted octanol–water partition coefficient (Wildman–Crippen LogP) is 4.31. The second-order valence-electron chi connectivity index (χ2n) is 6.09. The van der Waals surface area contributed by atoms with E-state index in [0.717, 1.165) is 36.3 Å². The van der Waals surface area contributed by atoms with E-state index in [1.807, 2.05) is 42.5 Å². The van der Waals surface area contributed by atoms with Crippen molar-refractivity contribution in [3.63, 3.8) is 0 Å². The molecule has 1 heterocycles. The van der Waals surface area contributed by atoms with E-state index in [-0.39, 0.29) is 12.8 Å². The minimum absolute atomic E-state index is 0.185. The van der Waals surface area contributed by atoms with Crippen LogP contribution in [-0.4, -0.2) is 19.4 Å². The number of rotatable bonds is 8. The van der Waals surface area contributed by atoms with Crippen molar-refractivity contribution in [3.05, 3.63) is 48.0 Å². The fraction of sp³-hybridized carbons (Fsp3) is 0.350. The number of nitrogens with one attached hydrogen (secondary N) is 2. The second kappa shape index (κ2) is 8.99. The van der Waals surface area contributed by atoms with Gasteiger partial charge in [-0.2, -0.15) is 0 Å². The number of carbonyl (C=O) groups excluding carboxylic acids is 1. The van der Waals surface area contributed by atoms with Crippen molar-refractivity contribution < 1.29 is 19.0 Å². The van der Waals surface area contributed by atoms with E-state index < -0.39 is 0 Å². The van der Waals surface area contributed by atoms with Crippen molar-refractivity contribution in [2.24, 2.45) is 0 Å². The zero-order valence-corrected chi connectivity index (χ0v) is 14.9. The van der Waals surface area contributed by atoms with Crippen LogP contribution in [0.1, 0.15) is 31.7 Å². The van der Waals surface area contributed by atoms with E-state index in [4.69, 9.17) is 14.2 Å². The first kappa shape index (κ1) is 17.9. The molecule has 0 fully saturated rings. The third-order valence-corrected chi connectivity index (χ3v) is 4.00. The fourth-order valence-electron chi connectivity index (χ4n) is 2.62. The van der Waals surface area contributed by atoms with Gasteiger partial charge in [-0.15, -0.1) is 0 Å². The number of ether oxygens (including phenoxy) is 3. The molecule has 2 N–H and O–H groups in total. The van der Waals surface area contributed by atoms with E-state index in [2.05, 4.69) is 17.6 Å². The summed E-state index contributed by atoms with van der Waals surface area (Å²) in [7, 11) is 0. The predicted molar refractivity (Wildman–Crippen MR) is 99.9 cm³/mol. The van der Waals surface area contributed by atoms with Crippen LogP contribution in [0, 0.1) is 0 Å². The maximum absolute atomic E-state index is 11.9. The van der Waals surface area contributed by atoms with E-state index in [1.165, 1.54) is 0 Å². The smallest absolute Gasteiger partial charge is 0.319 e. The summed E-state index contributed by atoms with van der Waals surface area (Å²) < 4.78 is 16.4. The molecule has 26 heavy (non-hydrogen) atoms. The summed E-state index contributed by atoms with van der Waals surface area (Å²) in [5.41, 5.74) is 1.70. The highest BCUT2D eigenvalue weighted by atomic mass is 16.7. The number of benzene rings is 2. The molecular formula is C20H24N2O4. The highest BCUT2D eigenvalue weighted by Gasteiger charge is 2.13. The highest BCUT2D eigenvalue weighted by Crippen LogP contribution is 2.35. The lowest BCUT2D eigenvalue weighted by Crippen LogP contribution is -2.29. The van der Waals surface area contributed by atoms with Crippen LogP contribution in [-0.2, 0) is 6.61 Å². The van der Waals surface area contributed by atoms with Gasteiger partial charge in [0.05, 0.1) is 0 Å². The van der Waals surface area contributed by atoms with Gasteiger partial charge >= 0.3 is 6.03 Å². The number of unbranched alkanes of at least 4 members (excludes halogenated alkanes) is 2. The molecular weight excluding hydrogens is 332 g/mol. The number of amides is 2. The SMILES string of the molecule is CCCCCNC(=O)Nc1cccc(COc2ccc3c(c2)OCO3)c1. The van der Waals surface area contributed by atoms with Crippen molar-refractivity contribution in [3.8, 4) is 17.2 Å². The maximum Gasteiger partial charge on any atom is 0.319 e. The molecule has 2 amide bonds. The van der Waals surface area contributed by atoms with Gasteiger partial charge in [0.25, 0.3) is 0 Å². The lowest BCUT2D eigenvalue weighted by Gasteiger charge is -2.10. The molecule has 0 radical (unpaired) electrons. The van der Waals surface area contributed by atoms with Gasteiger partial charge in [-0.25, -0.2) is 4.79 Å². The number of hydrogen-bond acceptors (Lipinski definition) is 4. The van der Waals surface area contributed by atoms with E-state index in [0.29, 0.717) is 24.7 Å². The molecule has 0 aliphatic carbocycles. The lowest BCUT2D eigenvalue weighted by atomic mass is 10.2. The average molecular weight is 356 g/mol. The fourth-order valence-corrected chi connectivity index (χ4v) is 2.62. The maximum atomic E-state index is 11.9. The van der Waals surface area contributed by atoms with Crippen LogP contribution in [0.5, 0.6) is 17.2 Å². The molecule has 0 bridgehead atoms. The van der Waals surface area contributed by atoms with Crippen LogP contribution in [0.2, 0.25) is 0 Å². The van der Waals surface area contributed by atoms with Gasteiger partial charge in [0.2, 0.25) is 6.79 Å². The second-order valence-corrected chi connectivity index (χ2v) is 6.09. The van der Waals surface area contributed by atoms with Crippen LogP contribution >= 0.6 is 0 Å². The molecule has 6 nitrogen and oxygen atoms in total. The standard InChI is InChI=1S/C20H24N2O4/c1-2-3-4-10-21-20(23)22-16-7-5-6-15(11-16)13-24-17-8-9-18-19(12-17)26-14-25-18/h5-9,11-12H,2-4,10,13-14H2,1H3,(H2,21,22,23). The Hall–Kier alpha value is -2.89. The van der Waals surface area contributed by atoms with Crippen LogP contribution in [0.4, 0.5) is 10.5 Å². The number of fused-ring (bicyclic) bond motifs is 1. The topological polar surface area (TPSA) is 68.8 Å². The Kier molecular flexibility index (Phi) is 6.19. The van der Waals surface area contributed by atoms with Gasteiger partial charge in [0.1, 0.15) is 12.4 Å². The largest absolute Gasteiger partial charge is 0.489 e. The zero-order valence-electron chi connectivity index (χ0n) is 14.9. The molecule has 2 aromatic rings. The Morgan fingerprint density at radius 3 is 2.88 bits per heavy atom. The summed E-state index contributed by atoms with van der Waals surface area (Å²) in [6.45, 7) is 3.46. The molecule has 0 aromatic heterocycles. The van der Waals surface area contributed by atoms with Gasteiger partial charge in [-0.05, 0) is 36.2 Å². The van der Waals surface area contributed by atoms with Gasteiger partial charge in [0, 0.05) is 18.3 Å². The highest BCUT2D eigenvalue weighted by molar-refractivity contribution is 5.89. The Bertz CT molecular complexity index is 748. The quantitative estimate of drug-likeness (QED) is 0.692. The Balaban J connectivity index is 1.50. The molecule has 2 aromatic carbocycles. The summed E-state index contributed by atoms with van der Waals surface area (Å²) in [5.74, 6) is 2.13. The van der Waals surface area contributed by atoms with Gasteiger partial charge < -0.3 is 24.8 Å². The first-order valence-electron chi connectivity index (χ1n) is 8.91. The number of hydrogen-bond donors (Lipinski definition) is 2. The first-order valence-corrected chi connectivity index (χ1v) is 8.91. The van der Waals surface area contributed by atoms with E-state index in [9.17, 15) is 4.79 Å². The molecule has 0 spiro atoms. The zero-order chi connectivity index (χ0) is 18.2. The monoisotopic (exact) mass is 356 g/mol. The van der Waals surface area contributed by atoms with Gasteiger partial charge in [-0.1, -0.05) is 31.9 Å². The van der Waals surface area contributed by atoms with Crippen LogP contribution in [0.15, 0.2) is 42.5 Å². The first-order chi connectivity index (χ1) is 12.7. The van der Waals surface area contributed by atoms with Crippen LogP contribution < -0.4 is 24.8 Å². The Morgan fingerprint density at radius 1 is 1.12 bits per heavy atom. The summed E-state index contributed by atoms with van der Waals surface area (Å²) in [6.07, 6.45) is 3.25. The lowest BCUT2D eigenvalue weighted by molar-refractivity contribution is 0.173. The number of urea groups is 1. The number of anilines is 1. The van der Waals surface area contributed by atoms with E-state index >= 15 is 0 Å². The molecule has 0 saturated carbocycles. The van der Waals surface area contributed by atoms with Crippen LogP contribution in [0.25, 0.3) is 0 Å². The third-order valence-electron chi connectivity index (χ3n) is 4.00. The molecule has 1 aliphatic heterocycles. The summed E-state index contributed by atoms with van der Waals surface area (Å²) in [5, 5.41) is 5.71. The third kappa shape index (κ3) is 5.05. The number of carbonyl (C=O) groups is 1. The van der Waals surface area contributed by atoms with Crippen molar-refractivity contribution in [1.29, 1.82) is 0 Å². The van der Waals surface area contributed by atoms with Crippen LogP contribution in [0.3, 0.4) is 0 Å². The minimum atomic E-state index is -0.185. The Morgan fingerprint density at radius 2 is 2.00 bits per heavy atom. The van der Waals surface area contributed by atoms with Crippen molar-refractivity contribution in [2.75, 3.05) is 18.7 Å². The van der Waals surface area contributed by atoms with Crippen molar-refractivity contribution >= 4 is 11.7 Å². The molecule has 1 aliphatic rings. The molecule has 3 rings (SSSR count). The van der Waals surface area contributed by atoms with Crippen molar-refractivity contribution in [2.45, 2.75) is 32.8 Å². The van der Waals surface area contributed by atoms with E-state index in [1.54, 1.807) is 0 Å².